The summed E-state index contributed by atoms with van der Waals surface area (Å²) >= 11 is 0. The van der Waals surface area contributed by atoms with Crippen LogP contribution in [0, 0.1) is 6.92 Å². The van der Waals surface area contributed by atoms with Crippen molar-refractivity contribution in [2.24, 2.45) is 0 Å². The van der Waals surface area contributed by atoms with Gasteiger partial charge in [-0.3, -0.25) is 9.80 Å². The Morgan fingerprint density at radius 3 is 2.76 bits per heavy atom. The predicted octanol–water partition coefficient (Wildman–Crippen LogP) is 1.43. The van der Waals surface area contributed by atoms with Crippen molar-refractivity contribution >= 4 is 0 Å². The molecule has 0 spiro atoms. The van der Waals surface area contributed by atoms with Crippen LogP contribution in [0.2, 0.25) is 0 Å². The molecule has 1 aromatic rings. The van der Waals surface area contributed by atoms with E-state index in [0.717, 1.165) is 51.5 Å². The molecular weight excluding hydrogens is 264 g/mol. The number of hydrogen-bond donors (Lipinski definition) is 1. The first-order valence-electron chi connectivity index (χ1n) is 8.02. The van der Waals surface area contributed by atoms with Gasteiger partial charge in [0.25, 0.3) is 0 Å². The summed E-state index contributed by atoms with van der Waals surface area (Å²) in [7, 11) is 0. The maximum atomic E-state index is 10.5. The van der Waals surface area contributed by atoms with Gasteiger partial charge in [-0.25, -0.2) is 0 Å². The maximum absolute atomic E-state index is 10.5. The highest BCUT2D eigenvalue weighted by atomic mass is 16.5. The first-order chi connectivity index (χ1) is 10.2. The van der Waals surface area contributed by atoms with Crippen LogP contribution in [0.1, 0.15) is 23.7 Å². The zero-order valence-corrected chi connectivity index (χ0v) is 12.9. The number of aryl methyl sites for hydroxylation is 1. The fraction of sp³-hybridized carbons (Fsp3) is 0.647. The minimum Gasteiger partial charge on any atom is -0.387 e. The standard InChI is InChI=1S/C17H26N2O2/c1-14-4-2-3-5-16(14)17(20)13-18-7-6-15(12-18)19-8-10-21-11-9-19/h2-5,15,17,20H,6-13H2,1H3. The Morgan fingerprint density at radius 1 is 1.24 bits per heavy atom. The van der Waals surface area contributed by atoms with E-state index in [-0.39, 0.29) is 6.10 Å². The molecule has 2 aliphatic rings. The third kappa shape index (κ3) is 3.64. The van der Waals surface area contributed by atoms with Crippen LogP contribution in [0.3, 0.4) is 0 Å². The van der Waals surface area contributed by atoms with Crippen LogP contribution >= 0.6 is 0 Å². The molecule has 2 aliphatic heterocycles. The minimum absolute atomic E-state index is 0.380. The predicted molar refractivity (Wildman–Crippen MR) is 83.4 cm³/mol. The van der Waals surface area contributed by atoms with E-state index < -0.39 is 0 Å². The third-order valence-electron chi connectivity index (χ3n) is 4.79. The summed E-state index contributed by atoms with van der Waals surface area (Å²) in [6, 6.07) is 8.77. The highest BCUT2D eigenvalue weighted by Crippen LogP contribution is 2.22. The Kier molecular flexibility index (Phi) is 4.91. The van der Waals surface area contributed by atoms with E-state index in [2.05, 4.69) is 22.8 Å². The lowest BCUT2D eigenvalue weighted by Gasteiger charge is -2.32. The monoisotopic (exact) mass is 290 g/mol. The molecule has 21 heavy (non-hydrogen) atoms. The van der Waals surface area contributed by atoms with Gasteiger partial charge >= 0.3 is 0 Å². The molecule has 2 fully saturated rings. The summed E-state index contributed by atoms with van der Waals surface area (Å²) in [5.41, 5.74) is 2.24. The van der Waals surface area contributed by atoms with Gasteiger partial charge in [0.05, 0.1) is 19.3 Å². The van der Waals surface area contributed by atoms with Crippen LogP contribution in [0.15, 0.2) is 24.3 Å². The van der Waals surface area contributed by atoms with Gasteiger partial charge in [0.15, 0.2) is 0 Å². The van der Waals surface area contributed by atoms with Gasteiger partial charge in [-0.15, -0.1) is 0 Å². The number of β-amino-alcohol motifs (C(OH)–C–C–N with tert-alkyl or cyclic N) is 1. The molecule has 2 saturated heterocycles. The van der Waals surface area contributed by atoms with Crippen molar-refractivity contribution in [3.8, 4) is 0 Å². The average molecular weight is 290 g/mol. The molecular formula is C17H26N2O2. The average Bonchev–Trinajstić information content (AvgIpc) is 2.97. The number of hydrogen-bond acceptors (Lipinski definition) is 4. The molecule has 2 atom stereocenters. The second kappa shape index (κ2) is 6.88. The molecule has 2 unspecified atom stereocenters. The van der Waals surface area contributed by atoms with Crippen molar-refractivity contribution in [1.82, 2.24) is 9.80 Å². The molecule has 0 aliphatic carbocycles. The molecule has 3 rings (SSSR count). The van der Waals surface area contributed by atoms with Crippen LogP contribution in [0.25, 0.3) is 0 Å². The molecule has 1 aromatic carbocycles. The lowest BCUT2D eigenvalue weighted by molar-refractivity contribution is 0.0174. The lowest BCUT2D eigenvalue weighted by atomic mass is 10.0. The summed E-state index contributed by atoms with van der Waals surface area (Å²) in [4.78, 5) is 4.95. The molecule has 4 heteroatoms. The van der Waals surface area contributed by atoms with Crippen molar-refractivity contribution in [3.05, 3.63) is 35.4 Å². The lowest BCUT2D eigenvalue weighted by Crippen LogP contribution is -2.44. The van der Waals surface area contributed by atoms with Gasteiger partial charge < -0.3 is 9.84 Å². The highest BCUT2D eigenvalue weighted by molar-refractivity contribution is 5.27. The second-order valence-corrected chi connectivity index (χ2v) is 6.22. The van der Waals surface area contributed by atoms with Crippen molar-refractivity contribution in [2.75, 3.05) is 45.9 Å². The fourth-order valence-corrected chi connectivity index (χ4v) is 3.52. The van der Waals surface area contributed by atoms with Crippen molar-refractivity contribution < 1.29 is 9.84 Å². The SMILES string of the molecule is Cc1ccccc1C(O)CN1CCC(N2CCOCC2)C1. The summed E-state index contributed by atoms with van der Waals surface area (Å²) in [6.45, 7) is 8.81. The summed E-state index contributed by atoms with van der Waals surface area (Å²) in [5.74, 6) is 0. The van der Waals surface area contributed by atoms with Gasteiger partial charge in [-0.2, -0.15) is 0 Å². The van der Waals surface area contributed by atoms with Crippen LogP contribution in [-0.4, -0.2) is 66.9 Å². The van der Waals surface area contributed by atoms with E-state index in [0.29, 0.717) is 6.04 Å². The van der Waals surface area contributed by atoms with Crippen molar-refractivity contribution in [1.29, 1.82) is 0 Å². The van der Waals surface area contributed by atoms with Gasteiger partial charge in [-0.05, 0) is 31.0 Å². The van der Waals surface area contributed by atoms with Crippen LogP contribution in [-0.2, 0) is 4.74 Å². The second-order valence-electron chi connectivity index (χ2n) is 6.22. The van der Waals surface area contributed by atoms with E-state index in [9.17, 15) is 5.11 Å². The quantitative estimate of drug-likeness (QED) is 0.910. The molecule has 0 amide bonds. The molecule has 0 bridgehead atoms. The Hall–Kier alpha value is -0.940. The zero-order valence-electron chi connectivity index (χ0n) is 12.9. The van der Waals surface area contributed by atoms with Crippen LogP contribution < -0.4 is 0 Å². The van der Waals surface area contributed by atoms with Crippen LogP contribution in [0.5, 0.6) is 0 Å². The van der Waals surface area contributed by atoms with Crippen molar-refractivity contribution in [3.63, 3.8) is 0 Å². The Morgan fingerprint density at radius 2 is 2.00 bits per heavy atom. The third-order valence-corrected chi connectivity index (χ3v) is 4.79. The normalized spacial score (nSPS) is 26.1. The Balaban J connectivity index is 1.53. The van der Waals surface area contributed by atoms with Gasteiger partial charge in [0.1, 0.15) is 0 Å². The molecule has 0 aromatic heterocycles. The minimum atomic E-state index is -0.380. The number of likely N-dealkylation sites (tertiary alicyclic amines) is 1. The summed E-state index contributed by atoms with van der Waals surface area (Å²) in [6.07, 6.45) is 0.829. The smallest absolute Gasteiger partial charge is 0.0919 e. The molecule has 0 radical (unpaired) electrons. The molecule has 116 valence electrons. The van der Waals surface area contributed by atoms with Crippen LogP contribution in [0.4, 0.5) is 0 Å². The van der Waals surface area contributed by atoms with Crippen molar-refractivity contribution in [2.45, 2.75) is 25.5 Å². The number of rotatable bonds is 4. The number of aliphatic hydroxyl groups excluding tert-OH is 1. The fourth-order valence-electron chi connectivity index (χ4n) is 3.52. The number of benzene rings is 1. The Labute approximate surface area is 127 Å². The number of nitrogens with zero attached hydrogens (tertiary/aromatic N) is 2. The Bertz CT molecular complexity index is 460. The zero-order chi connectivity index (χ0) is 14.7. The molecule has 1 N–H and O–H groups in total. The largest absolute Gasteiger partial charge is 0.387 e. The van der Waals surface area contributed by atoms with Gasteiger partial charge in [-0.1, -0.05) is 24.3 Å². The molecule has 4 nitrogen and oxygen atoms in total. The topological polar surface area (TPSA) is 35.9 Å². The summed E-state index contributed by atoms with van der Waals surface area (Å²) < 4.78 is 5.43. The molecule has 2 heterocycles. The number of ether oxygens (including phenoxy) is 1. The van der Waals surface area contributed by atoms with E-state index in [1.165, 1.54) is 12.0 Å². The van der Waals surface area contributed by atoms with E-state index in [1.54, 1.807) is 0 Å². The molecule has 0 saturated carbocycles. The highest BCUT2D eigenvalue weighted by Gasteiger charge is 2.29. The first-order valence-corrected chi connectivity index (χ1v) is 8.02. The van der Waals surface area contributed by atoms with E-state index in [4.69, 9.17) is 4.74 Å². The van der Waals surface area contributed by atoms with E-state index in [1.807, 2.05) is 18.2 Å². The number of morpholine rings is 1. The number of aliphatic hydroxyl groups is 1. The maximum Gasteiger partial charge on any atom is 0.0919 e. The van der Waals surface area contributed by atoms with E-state index >= 15 is 0 Å². The van der Waals surface area contributed by atoms with Gasteiger partial charge in [0.2, 0.25) is 0 Å². The first kappa shape index (κ1) is 15.0. The van der Waals surface area contributed by atoms with Gasteiger partial charge in [0, 0.05) is 32.2 Å². The summed E-state index contributed by atoms with van der Waals surface area (Å²) in [5, 5.41) is 10.5.